The fourth-order valence-corrected chi connectivity index (χ4v) is 3.49. The number of hydrogen-bond acceptors (Lipinski definition) is 3. The molecule has 1 aliphatic heterocycles. The van der Waals surface area contributed by atoms with E-state index in [0.717, 1.165) is 23.9 Å². The molecule has 1 heterocycles. The second kappa shape index (κ2) is 8.51. The van der Waals surface area contributed by atoms with E-state index in [2.05, 4.69) is 15.9 Å². The Morgan fingerprint density at radius 3 is 2.79 bits per heavy atom. The minimum Gasteiger partial charge on any atom is -0.491 e. The van der Waals surface area contributed by atoms with Crippen molar-refractivity contribution >= 4 is 27.8 Å². The van der Waals surface area contributed by atoms with Crippen LogP contribution in [0.2, 0.25) is 0 Å². The van der Waals surface area contributed by atoms with Gasteiger partial charge in [0.1, 0.15) is 5.75 Å². The van der Waals surface area contributed by atoms with Crippen LogP contribution in [0.15, 0.2) is 22.7 Å². The number of hydrogen-bond donors (Lipinski definition) is 1. The Balaban J connectivity index is 2.07. The average Bonchev–Trinajstić information content (AvgIpc) is 2.51. The van der Waals surface area contributed by atoms with Crippen molar-refractivity contribution in [1.82, 2.24) is 4.90 Å². The maximum absolute atomic E-state index is 12.8. The molecule has 2 rings (SSSR count). The zero-order chi connectivity index (χ0) is 17.7. The third-order valence-corrected chi connectivity index (χ3v) is 4.52. The lowest BCUT2D eigenvalue weighted by molar-refractivity contribution is -0.137. The molecular weight excluding hydrogens is 374 g/mol. The molecule has 0 aromatic heterocycles. The van der Waals surface area contributed by atoms with Crippen LogP contribution in [-0.2, 0) is 4.79 Å². The van der Waals surface area contributed by atoms with Gasteiger partial charge in [-0.3, -0.25) is 9.59 Å². The molecule has 1 aromatic carbocycles. The molecule has 0 aliphatic carbocycles. The number of carbonyl (C=O) groups excluding carboxylic acids is 1. The molecule has 24 heavy (non-hydrogen) atoms. The lowest BCUT2D eigenvalue weighted by atomic mass is 9.93. The summed E-state index contributed by atoms with van der Waals surface area (Å²) in [7, 11) is 0. The summed E-state index contributed by atoms with van der Waals surface area (Å²) in [5, 5.41) is 8.83. The van der Waals surface area contributed by atoms with Gasteiger partial charge in [-0.15, -0.1) is 0 Å². The highest BCUT2D eigenvalue weighted by Gasteiger charge is 2.25. The van der Waals surface area contributed by atoms with E-state index in [9.17, 15) is 9.59 Å². The van der Waals surface area contributed by atoms with E-state index >= 15 is 0 Å². The summed E-state index contributed by atoms with van der Waals surface area (Å²) < 4.78 is 6.50. The number of halogens is 1. The zero-order valence-electron chi connectivity index (χ0n) is 14.1. The number of nitrogens with zero attached hydrogens (tertiary/aromatic N) is 1. The summed E-state index contributed by atoms with van der Waals surface area (Å²) in [5.41, 5.74) is 0.596. The Morgan fingerprint density at radius 1 is 1.38 bits per heavy atom. The fraction of sp³-hybridized carbons (Fsp3) is 0.556. The van der Waals surface area contributed by atoms with Crippen molar-refractivity contribution < 1.29 is 19.4 Å². The predicted molar refractivity (Wildman–Crippen MR) is 95.4 cm³/mol. The van der Waals surface area contributed by atoms with Crippen LogP contribution in [0.4, 0.5) is 0 Å². The molecule has 0 bridgehead atoms. The topological polar surface area (TPSA) is 66.8 Å². The van der Waals surface area contributed by atoms with Crippen molar-refractivity contribution in [2.75, 3.05) is 13.1 Å². The van der Waals surface area contributed by atoms with Crippen LogP contribution in [0.25, 0.3) is 0 Å². The summed E-state index contributed by atoms with van der Waals surface area (Å²) >= 11 is 3.43. The van der Waals surface area contributed by atoms with E-state index in [4.69, 9.17) is 9.84 Å². The molecule has 1 aromatic rings. The lowest BCUT2D eigenvalue weighted by Crippen LogP contribution is -2.40. The first-order valence-corrected chi connectivity index (χ1v) is 9.12. The van der Waals surface area contributed by atoms with Gasteiger partial charge in [-0.05, 0) is 57.2 Å². The van der Waals surface area contributed by atoms with Crippen molar-refractivity contribution in [3.63, 3.8) is 0 Å². The van der Waals surface area contributed by atoms with Crippen LogP contribution in [0.5, 0.6) is 5.75 Å². The van der Waals surface area contributed by atoms with Gasteiger partial charge in [-0.2, -0.15) is 0 Å². The summed E-state index contributed by atoms with van der Waals surface area (Å²) in [4.78, 5) is 25.4. The van der Waals surface area contributed by atoms with E-state index in [-0.39, 0.29) is 24.3 Å². The zero-order valence-corrected chi connectivity index (χ0v) is 15.7. The van der Waals surface area contributed by atoms with Crippen molar-refractivity contribution in [3.05, 3.63) is 28.2 Å². The van der Waals surface area contributed by atoms with Crippen LogP contribution < -0.4 is 4.74 Å². The first kappa shape index (κ1) is 18.8. The largest absolute Gasteiger partial charge is 0.491 e. The van der Waals surface area contributed by atoms with Gasteiger partial charge in [-0.1, -0.05) is 15.9 Å². The molecule has 1 atom stereocenters. The maximum Gasteiger partial charge on any atom is 0.303 e. The molecule has 6 heteroatoms. The molecule has 1 saturated heterocycles. The number of aliphatic carboxylic acids is 1. The van der Waals surface area contributed by atoms with E-state index in [1.54, 1.807) is 12.1 Å². The van der Waals surface area contributed by atoms with Crippen LogP contribution in [0, 0.1) is 5.92 Å². The van der Waals surface area contributed by atoms with Crippen molar-refractivity contribution in [3.8, 4) is 5.75 Å². The Hall–Kier alpha value is -1.56. The molecule has 0 saturated carbocycles. The molecule has 1 amide bonds. The number of rotatable bonds is 6. The highest BCUT2D eigenvalue weighted by atomic mass is 79.9. The van der Waals surface area contributed by atoms with Gasteiger partial charge in [-0.25, -0.2) is 0 Å². The van der Waals surface area contributed by atoms with Gasteiger partial charge < -0.3 is 14.7 Å². The number of ether oxygens (including phenoxy) is 1. The summed E-state index contributed by atoms with van der Waals surface area (Å²) in [6, 6.07) is 5.42. The number of benzene rings is 1. The van der Waals surface area contributed by atoms with Crippen molar-refractivity contribution in [1.29, 1.82) is 0 Å². The quantitative estimate of drug-likeness (QED) is 0.788. The minimum absolute atomic E-state index is 0.0232. The first-order chi connectivity index (χ1) is 11.3. The second-order valence-electron chi connectivity index (χ2n) is 6.53. The van der Waals surface area contributed by atoms with Crippen molar-refractivity contribution in [2.45, 2.75) is 45.6 Å². The minimum atomic E-state index is -0.777. The van der Waals surface area contributed by atoms with E-state index in [0.29, 0.717) is 24.3 Å². The summed E-state index contributed by atoms with van der Waals surface area (Å²) in [5.74, 6) is 0.130. The summed E-state index contributed by atoms with van der Waals surface area (Å²) in [6.45, 7) is 5.23. The molecule has 1 N–H and O–H groups in total. The van der Waals surface area contributed by atoms with Gasteiger partial charge >= 0.3 is 5.97 Å². The number of carboxylic acid groups (broad SMARTS) is 1. The van der Waals surface area contributed by atoms with Gasteiger partial charge in [0, 0.05) is 29.5 Å². The van der Waals surface area contributed by atoms with Crippen LogP contribution in [0.3, 0.4) is 0 Å². The third-order valence-electron chi connectivity index (χ3n) is 4.06. The third kappa shape index (κ3) is 5.51. The molecule has 1 fully saturated rings. The molecular formula is C18H24BrNO4. The van der Waals surface area contributed by atoms with E-state index in [1.807, 2.05) is 24.8 Å². The van der Waals surface area contributed by atoms with Crippen LogP contribution >= 0.6 is 15.9 Å². The monoisotopic (exact) mass is 397 g/mol. The number of piperidine rings is 1. The Kier molecular flexibility index (Phi) is 6.66. The van der Waals surface area contributed by atoms with Crippen LogP contribution in [-0.4, -0.2) is 41.1 Å². The van der Waals surface area contributed by atoms with Gasteiger partial charge in [0.15, 0.2) is 0 Å². The standard InChI is InChI=1S/C18H24BrNO4/c1-12(2)24-16-9-14(8-15(19)10-16)18(23)20-7-3-4-13(11-20)5-6-17(21)22/h8-10,12-13H,3-7,11H2,1-2H3,(H,21,22). The van der Waals surface area contributed by atoms with Crippen LogP contribution in [0.1, 0.15) is 49.9 Å². The highest BCUT2D eigenvalue weighted by Crippen LogP contribution is 2.26. The Bertz CT molecular complexity index is 603. The average molecular weight is 398 g/mol. The molecule has 1 unspecified atom stereocenters. The molecule has 132 valence electrons. The Labute approximate surface area is 151 Å². The maximum atomic E-state index is 12.8. The molecule has 5 nitrogen and oxygen atoms in total. The smallest absolute Gasteiger partial charge is 0.303 e. The van der Waals surface area contributed by atoms with E-state index < -0.39 is 5.97 Å². The first-order valence-electron chi connectivity index (χ1n) is 8.33. The molecule has 0 spiro atoms. The Morgan fingerprint density at radius 2 is 2.12 bits per heavy atom. The van der Waals surface area contributed by atoms with Gasteiger partial charge in [0.05, 0.1) is 6.10 Å². The normalized spacial score (nSPS) is 17.8. The molecule has 1 aliphatic rings. The second-order valence-corrected chi connectivity index (χ2v) is 7.45. The molecule has 0 radical (unpaired) electrons. The van der Waals surface area contributed by atoms with Gasteiger partial charge in [0.25, 0.3) is 5.91 Å². The van der Waals surface area contributed by atoms with E-state index in [1.165, 1.54) is 0 Å². The predicted octanol–water partition coefficient (Wildman–Crippen LogP) is 3.95. The number of carboxylic acids is 1. The number of amides is 1. The SMILES string of the molecule is CC(C)Oc1cc(Br)cc(C(=O)N2CCCC(CCC(=O)O)C2)c1. The number of likely N-dealkylation sites (tertiary alicyclic amines) is 1. The number of carbonyl (C=O) groups is 2. The highest BCUT2D eigenvalue weighted by molar-refractivity contribution is 9.10. The fourth-order valence-electron chi connectivity index (χ4n) is 3.02. The lowest BCUT2D eigenvalue weighted by Gasteiger charge is -2.32. The van der Waals surface area contributed by atoms with Crippen molar-refractivity contribution in [2.24, 2.45) is 5.92 Å². The summed E-state index contributed by atoms with van der Waals surface area (Å²) in [6.07, 6.45) is 2.73. The van der Waals surface area contributed by atoms with Gasteiger partial charge in [0.2, 0.25) is 0 Å².